The second-order valence-electron chi connectivity index (χ2n) is 4.71. The number of aromatic hydroxyl groups is 1. The number of hydrogen-bond acceptors (Lipinski definition) is 3. The predicted octanol–water partition coefficient (Wildman–Crippen LogP) is 1.96. The van der Waals surface area contributed by atoms with Gasteiger partial charge in [0.1, 0.15) is 0 Å². The molecule has 2 aromatic rings. The molecule has 0 aliphatic heterocycles. The highest BCUT2D eigenvalue weighted by molar-refractivity contribution is 5.45. The van der Waals surface area contributed by atoms with E-state index in [1.165, 1.54) is 6.07 Å². The maximum atomic E-state index is 11.5. The number of aliphatic hydroxyl groups excluding tert-OH is 1. The molecule has 0 radical (unpaired) electrons. The van der Waals surface area contributed by atoms with Gasteiger partial charge in [-0.3, -0.25) is 4.79 Å². The minimum Gasteiger partial charge on any atom is -0.503 e. The smallest absolute Gasteiger partial charge is 0.223 e. The number of rotatable bonds is 2. The van der Waals surface area contributed by atoms with E-state index in [0.29, 0.717) is 5.69 Å². The summed E-state index contributed by atoms with van der Waals surface area (Å²) >= 11 is 0. The van der Waals surface area contributed by atoms with Gasteiger partial charge in [0.15, 0.2) is 5.75 Å². The first-order valence-corrected chi connectivity index (χ1v) is 6.08. The van der Waals surface area contributed by atoms with Gasteiger partial charge in [0.05, 0.1) is 12.3 Å². The zero-order valence-electron chi connectivity index (χ0n) is 11.3. The van der Waals surface area contributed by atoms with Gasteiger partial charge in [0.2, 0.25) is 5.43 Å². The molecule has 0 saturated carbocycles. The summed E-state index contributed by atoms with van der Waals surface area (Å²) in [5.74, 6) is -0.397. The van der Waals surface area contributed by atoms with Crippen LogP contribution in [0.4, 0.5) is 0 Å². The fraction of sp³-hybridized carbons (Fsp3) is 0.267. The first kappa shape index (κ1) is 13.4. The molecule has 1 heterocycles. The van der Waals surface area contributed by atoms with Gasteiger partial charge in [-0.05, 0) is 44.0 Å². The molecule has 0 bridgehead atoms. The largest absolute Gasteiger partial charge is 0.503 e. The lowest BCUT2D eigenvalue weighted by atomic mass is 10.1. The van der Waals surface area contributed by atoms with E-state index in [4.69, 9.17) is 0 Å². The summed E-state index contributed by atoms with van der Waals surface area (Å²) in [6, 6.07) is 7.20. The van der Waals surface area contributed by atoms with Crippen LogP contribution in [0.3, 0.4) is 0 Å². The molecule has 0 unspecified atom stereocenters. The van der Waals surface area contributed by atoms with Crippen molar-refractivity contribution in [2.24, 2.45) is 0 Å². The van der Waals surface area contributed by atoms with Crippen molar-refractivity contribution in [1.82, 2.24) is 4.57 Å². The molecule has 0 aliphatic carbocycles. The fourth-order valence-electron chi connectivity index (χ4n) is 2.15. The molecular formula is C15H17NO3. The number of aliphatic hydroxyl groups is 1. The first-order valence-electron chi connectivity index (χ1n) is 6.08. The molecule has 0 aliphatic rings. The van der Waals surface area contributed by atoms with E-state index in [-0.39, 0.29) is 5.69 Å². The Kier molecular flexibility index (Phi) is 3.44. The molecule has 0 atom stereocenters. The van der Waals surface area contributed by atoms with Crippen LogP contribution >= 0.6 is 0 Å². The Morgan fingerprint density at radius 2 is 1.79 bits per heavy atom. The summed E-state index contributed by atoms with van der Waals surface area (Å²) in [7, 11) is 0. The monoisotopic (exact) mass is 259 g/mol. The van der Waals surface area contributed by atoms with Gasteiger partial charge in [-0.2, -0.15) is 0 Å². The van der Waals surface area contributed by atoms with E-state index in [1.807, 2.05) is 32.0 Å². The lowest BCUT2D eigenvalue weighted by Gasteiger charge is -2.17. The maximum Gasteiger partial charge on any atom is 0.223 e. The molecule has 2 N–H and O–H groups in total. The van der Waals surface area contributed by atoms with Crippen molar-refractivity contribution >= 4 is 0 Å². The summed E-state index contributed by atoms with van der Waals surface area (Å²) in [4.78, 5) is 11.5. The summed E-state index contributed by atoms with van der Waals surface area (Å²) in [6.07, 6.45) is 0. The van der Waals surface area contributed by atoms with Gasteiger partial charge < -0.3 is 14.8 Å². The van der Waals surface area contributed by atoms with Crippen LogP contribution in [0.5, 0.6) is 5.75 Å². The summed E-state index contributed by atoms with van der Waals surface area (Å²) in [5, 5.41) is 19.2. The second-order valence-corrected chi connectivity index (χ2v) is 4.71. The Morgan fingerprint density at radius 3 is 2.37 bits per heavy atom. The van der Waals surface area contributed by atoms with Crippen molar-refractivity contribution in [3.05, 3.63) is 57.0 Å². The van der Waals surface area contributed by atoms with Crippen molar-refractivity contribution < 1.29 is 10.2 Å². The Labute approximate surface area is 111 Å². The van der Waals surface area contributed by atoms with Gasteiger partial charge >= 0.3 is 0 Å². The highest BCUT2D eigenvalue weighted by Gasteiger charge is 2.13. The minimum absolute atomic E-state index is 0.216. The standard InChI is InChI=1S/C15H17NO3/c1-9-4-5-12(6-10(9)2)16-11(3)7-14(18)15(19)13(16)8-17/h4-7,17,19H,8H2,1-3H3. The number of aryl methyl sites for hydroxylation is 3. The Morgan fingerprint density at radius 1 is 1.11 bits per heavy atom. The number of nitrogens with zero attached hydrogens (tertiary/aromatic N) is 1. The lowest BCUT2D eigenvalue weighted by molar-refractivity contribution is 0.265. The zero-order valence-corrected chi connectivity index (χ0v) is 11.3. The molecule has 0 fully saturated rings. The van der Waals surface area contributed by atoms with Crippen LogP contribution in [0.15, 0.2) is 29.1 Å². The van der Waals surface area contributed by atoms with E-state index in [1.54, 1.807) is 11.5 Å². The number of benzene rings is 1. The third-order valence-corrected chi connectivity index (χ3v) is 3.37. The molecular weight excluding hydrogens is 242 g/mol. The van der Waals surface area contributed by atoms with Gasteiger partial charge in [0, 0.05) is 17.4 Å². The second kappa shape index (κ2) is 4.90. The van der Waals surface area contributed by atoms with Crippen LogP contribution in [0.25, 0.3) is 5.69 Å². The van der Waals surface area contributed by atoms with Gasteiger partial charge in [-0.15, -0.1) is 0 Å². The van der Waals surface area contributed by atoms with Crippen molar-refractivity contribution in [3.63, 3.8) is 0 Å². The van der Waals surface area contributed by atoms with Crippen molar-refractivity contribution in [2.45, 2.75) is 27.4 Å². The van der Waals surface area contributed by atoms with E-state index >= 15 is 0 Å². The molecule has 0 spiro atoms. The third kappa shape index (κ3) is 2.27. The van der Waals surface area contributed by atoms with E-state index in [9.17, 15) is 15.0 Å². The van der Waals surface area contributed by atoms with E-state index < -0.39 is 17.8 Å². The van der Waals surface area contributed by atoms with Crippen molar-refractivity contribution in [3.8, 4) is 11.4 Å². The van der Waals surface area contributed by atoms with Crippen molar-refractivity contribution in [1.29, 1.82) is 0 Å². The van der Waals surface area contributed by atoms with Crippen LogP contribution in [0.1, 0.15) is 22.5 Å². The van der Waals surface area contributed by atoms with Gasteiger partial charge in [-0.1, -0.05) is 6.07 Å². The highest BCUT2D eigenvalue weighted by Crippen LogP contribution is 2.21. The average Bonchev–Trinajstić information content (AvgIpc) is 2.37. The molecule has 2 rings (SSSR count). The molecule has 0 saturated heterocycles. The predicted molar refractivity (Wildman–Crippen MR) is 73.8 cm³/mol. The quantitative estimate of drug-likeness (QED) is 0.866. The Bertz CT molecular complexity index is 687. The van der Waals surface area contributed by atoms with E-state index in [0.717, 1.165) is 16.8 Å². The molecule has 100 valence electrons. The van der Waals surface area contributed by atoms with Crippen LogP contribution in [0, 0.1) is 20.8 Å². The van der Waals surface area contributed by atoms with Crippen molar-refractivity contribution in [2.75, 3.05) is 0 Å². The number of pyridine rings is 1. The lowest BCUT2D eigenvalue weighted by Crippen LogP contribution is -2.15. The SMILES string of the molecule is Cc1ccc(-n2c(C)cc(=O)c(O)c2CO)cc1C. The summed E-state index contributed by atoms with van der Waals surface area (Å²) in [5.41, 5.74) is 3.51. The van der Waals surface area contributed by atoms with Crippen LogP contribution in [0.2, 0.25) is 0 Å². The highest BCUT2D eigenvalue weighted by atomic mass is 16.3. The normalized spacial score (nSPS) is 10.7. The Balaban J connectivity index is 2.77. The number of hydrogen-bond donors (Lipinski definition) is 2. The summed E-state index contributed by atoms with van der Waals surface area (Å²) in [6.45, 7) is 5.39. The minimum atomic E-state index is -0.471. The fourth-order valence-corrected chi connectivity index (χ4v) is 2.15. The molecule has 4 nitrogen and oxygen atoms in total. The van der Waals surface area contributed by atoms with Gasteiger partial charge in [-0.25, -0.2) is 0 Å². The maximum absolute atomic E-state index is 11.5. The molecule has 1 aromatic carbocycles. The van der Waals surface area contributed by atoms with Crippen LogP contribution in [-0.2, 0) is 6.61 Å². The Hall–Kier alpha value is -2.07. The first-order chi connectivity index (χ1) is 8.95. The van der Waals surface area contributed by atoms with Crippen LogP contribution < -0.4 is 5.43 Å². The van der Waals surface area contributed by atoms with Crippen LogP contribution in [-0.4, -0.2) is 14.8 Å². The molecule has 0 amide bonds. The topological polar surface area (TPSA) is 62.5 Å². The van der Waals surface area contributed by atoms with E-state index in [2.05, 4.69) is 0 Å². The van der Waals surface area contributed by atoms with Gasteiger partial charge in [0.25, 0.3) is 0 Å². The molecule has 19 heavy (non-hydrogen) atoms. The number of aromatic nitrogens is 1. The average molecular weight is 259 g/mol. The molecule has 1 aromatic heterocycles. The zero-order chi connectivity index (χ0) is 14.2. The molecule has 4 heteroatoms. The summed E-state index contributed by atoms with van der Waals surface area (Å²) < 4.78 is 1.70. The third-order valence-electron chi connectivity index (χ3n) is 3.37.